The number of hydrogen-bond donors (Lipinski definition) is 1. The standard InChI is InChI=1S/C17H21FN2/c1-4-13-5-7-14(8-6-13)17(20-12(2)3)16-10-9-15(18)11-19-16/h5-12,17,20H,4H2,1-3H3. The van der Waals surface area contributed by atoms with Gasteiger partial charge < -0.3 is 5.32 Å². The molecular weight excluding hydrogens is 251 g/mol. The van der Waals surface area contributed by atoms with Crippen LogP contribution in [-0.4, -0.2) is 11.0 Å². The fourth-order valence-corrected chi connectivity index (χ4v) is 2.19. The largest absolute Gasteiger partial charge is 0.303 e. The Morgan fingerprint density at radius 2 is 1.80 bits per heavy atom. The number of pyridine rings is 1. The zero-order valence-corrected chi connectivity index (χ0v) is 12.2. The van der Waals surface area contributed by atoms with Crippen molar-refractivity contribution in [1.29, 1.82) is 0 Å². The highest BCUT2D eigenvalue weighted by Crippen LogP contribution is 2.22. The van der Waals surface area contributed by atoms with Crippen LogP contribution in [0.25, 0.3) is 0 Å². The molecule has 0 aliphatic rings. The van der Waals surface area contributed by atoms with E-state index in [1.807, 2.05) is 0 Å². The molecule has 2 nitrogen and oxygen atoms in total. The van der Waals surface area contributed by atoms with E-state index in [0.29, 0.717) is 6.04 Å². The maximum Gasteiger partial charge on any atom is 0.141 e. The van der Waals surface area contributed by atoms with E-state index in [4.69, 9.17) is 0 Å². The Balaban J connectivity index is 2.33. The predicted octanol–water partition coefficient (Wildman–Crippen LogP) is 3.87. The van der Waals surface area contributed by atoms with Crippen molar-refractivity contribution in [3.63, 3.8) is 0 Å². The highest BCUT2D eigenvalue weighted by Gasteiger charge is 2.16. The highest BCUT2D eigenvalue weighted by atomic mass is 19.1. The molecule has 0 aliphatic heterocycles. The second-order valence-corrected chi connectivity index (χ2v) is 5.25. The summed E-state index contributed by atoms with van der Waals surface area (Å²) in [6.45, 7) is 6.33. The van der Waals surface area contributed by atoms with E-state index in [-0.39, 0.29) is 11.9 Å². The monoisotopic (exact) mass is 272 g/mol. The van der Waals surface area contributed by atoms with E-state index in [1.165, 1.54) is 17.8 Å². The second-order valence-electron chi connectivity index (χ2n) is 5.25. The minimum atomic E-state index is -0.307. The first-order chi connectivity index (χ1) is 9.60. The minimum Gasteiger partial charge on any atom is -0.303 e. The number of hydrogen-bond acceptors (Lipinski definition) is 2. The van der Waals surface area contributed by atoms with Crippen LogP contribution in [0.5, 0.6) is 0 Å². The molecule has 0 fully saturated rings. The zero-order chi connectivity index (χ0) is 14.5. The minimum absolute atomic E-state index is 0.0125. The summed E-state index contributed by atoms with van der Waals surface area (Å²) in [5.74, 6) is -0.307. The normalized spacial score (nSPS) is 12.7. The summed E-state index contributed by atoms with van der Waals surface area (Å²) in [6, 6.07) is 12.0. The average Bonchev–Trinajstić information content (AvgIpc) is 2.46. The molecule has 1 atom stereocenters. The lowest BCUT2D eigenvalue weighted by Gasteiger charge is -2.21. The fraction of sp³-hybridized carbons (Fsp3) is 0.353. The van der Waals surface area contributed by atoms with Gasteiger partial charge in [-0.15, -0.1) is 0 Å². The molecule has 0 aliphatic carbocycles. The molecular formula is C17H21FN2. The Labute approximate surface area is 120 Å². The molecule has 1 N–H and O–H groups in total. The van der Waals surface area contributed by atoms with Crippen LogP contribution >= 0.6 is 0 Å². The van der Waals surface area contributed by atoms with Gasteiger partial charge in [-0.1, -0.05) is 31.2 Å². The number of halogens is 1. The summed E-state index contributed by atoms with van der Waals surface area (Å²) in [6.07, 6.45) is 2.29. The van der Waals surface area contributed by atoms with Gasteiger partial charge in [0.05, 0.1) is 17.9 Å². The van der Waals surface area contributed by atoms with E-state index >= 15 is 0 Å². The molecule has 1 aromatic carbocycles. The van der Waals surface area contributed by atoms with Crippen molar-refractivity contribution in [2.24, 2.45) is 0 Å². The van der Waals surface area contributed by atoms with Crippen molar-refractivity contribution in [1.82, 2.24) is 10.3 Å². The molecule has 20 heavy (non-hydrogen) atoms. The first-order valence-electron chi connectivity index (χ1n) is 7.06. The van der Waals surface area contributed by atoms with Gasteiger partial charge in [0.2, 0.25) is 0 Å². The molecule has 106 valence electrons. The zero-order valence-electron chi connectivity index (χ0n) is 12.2. The van der Waals surface area contributed by atoms with E-state index in [9.17, 15) is 4.39 Å². The summed E-state index contributed by atoms with van der Waals surface area (Å²) in [5, 5.41) is 3.48. The second kappa shape index (κ2) is 6.62. The van der Waals surface area contributed by atoms with E-state index in [0.717, 1.165) is 17.7 Å². The Morgan fingerprint density at radius 1 is 1.10 bits per heavy atom. The lowest BCUT2D eigenvalue weighted by Crippen LogP contribution is -2.29. The van der Waals surface area contributed by atoms with Crippen LogP contribution in [0.3, 0.4) is 0 Å². The number of aryl methyl sites for hydroxylation is 1. The molecule has 1 aromatic heterocycles. The number of aromatic nitrogens is 1. The quantitative estimate of drug-likeness (QED) is 0.893. The molecule has 0 saturated carbocycles. The molecule has 0 bridgehead atoms. The van der Waals surface area contributed by atoms with E-state index < -0.39 is 0 Å². The third-order valence-corrected chi connectivity index (χ3v) is 3.27. The van der Waals surface area contributed by atoms with Crippen molar-refractivity contribution in [3.8, 4) is 0 Å². The molecule has 2 aromatic rings. The summed E-state index contributed by atoms with van der Waals surface area (Å²) in [4.78, 5) is 4.21. The fourth-order valence-electron chi connectivity index (χ4n) is 2.19. The van der Waals surface area contributed by atoms with E-state index in [1.54, 1.807) is 6.07 Å². The average molecular weight is 272 g/mol. The molecule has 1 heterocycles. The van der Waals surface area contributed by atoms with Crippen LogP contribution < -0.4 is 5.32 Å². The number of benzene rings is 1. The Hall–Kier alpha value is -1.74. The summed E-state index contributed by atoms with van der Waals surface area (Å²) in [7, 11) is 0. The van der Waals surface area contributed by atoms with Crippen LogP contribution in [-0.2, 0) is 6.42 Å². The third kappa shape index (κ3) is 3.64. The van der Waals surface area contributed by atoms with Gasteiger partial charge in [0.15, 0.2) is 0 Å². The van der Waals surface area contributed by atoms with Gasteiger partial charge in [-0.05, 0) is 43.5 Å². The Kier molecular flexibility index (Phi) is 4.85. The van der Waals surface area contributed by atoms with Crippen LogP contribution in [0.15, 0.2) is 42.6 Å². The summed E-state index contributed by atoms with van der Waals surface area (Å²) >= 11 is 0. The van der Waals surface area contributed by atoms with Gasteiger partial charge in [0, 0.05) is 6.04 Å². The van der Waals surface area contributed by atoms with Crippen molar-refractivity contribution in [2.75, 3.05) is 0 Å². The predicted molar refractivity (Wildman–Crippen MR) is 80.1 cm³/mol. The van der Waals surface area contributed by atoms with Crippen LogP contribution in [0, 0.1) is 5.82 Å². The SMILES string of the molecule is CCc1ccc(C(NC(C)C)c2ccc(F)cn2)cc1. The molecule has 1 unspecified atom stereocenters. The van der Waals surface area contributed by atoms with Crippen LogP contribution in [0.4, 0.5) is 4.39 Å². The molecule has 2 rings (SSSR count). The lowest BCUT2D eigenvalue weighted by molar-refractivity contribution is 0.517. The van der Waals surface area contributed by atoms with Crippen molar-refractivity contribution < 1.29 is 4.39 Å². The smallest absolute Gasteiger partial charge is 0.141 e. The molecule has 0 amide bonds. The van der Waals surface area contributed by atoms with Gasteiger partial charge in [-0.25, -0.2) is 4.39 Å². The number of nitrogens with zero attached hydrogens (tertiary/aromatic N) is 1. The van der Waals surface area contributed by atoms with Gasteiger partial charge >= 0.3 is 0 Å². The maximum atomic E-state index is 13.0. The van der Waals surface area contributed by atoms with Gasteiger partial charge in [0.25, 0.3) is 0 Å². The first kappa shape index (κ1) is 14.7. The van der Waals surface area contributed by atoms with Gasteiger partial charge in [-0.2, -0.15) is 0 Å². The lowest BCUT2D eigenvalue weighted by atomic mass is 10.00. The first-order valence-corrected chi connectivity index (χ1v) is 7.06. The Bertz CT molecular complexity index is 532. The third-order valence-electron chi connectivity index (χ3n) is 3.27. The topological polar surface area (TPSA) is 24.9 Å². The number of rotatable bonds is 5. The Morgan fingerprint density at radius 3 is 2.30 bits per heavy atom. The van der Waals surface area contributed by atoms with Gasteiger partial charge in [0.1, 0.15) is 5.82 Å². The van der Waals surface area contributed by atoms with Crippen LogP contribution in [0.2, 0.25) is 0 Å². The molecule has 3 heteroatoms. The maximum absolute atomic E-state index is 13.0. The summed E-state index contributed by atoms with van der Waals surface area (Å²) < 4.78 is 13.0. The van der Waals surface area contributed by atoms with Crippen molar-refractivity contribution >= 4 is 0 Å². The molecule has 0 spiro atoms. The molecule has 0 radical (unpaired) electrons. The van der Waals surface area contributed by atoms with Crippen molar-refractivity contribution in [2.45, 2.75) is 39.3 Å². The summed E-state index contributed by atoms with van der Waals surface area (Å²) in [5.41, 5.74) is 3.29. The molecule has 0 saturated heterocycles. The van der Waals surface area contributed by atoms with Crippen LogP contribution in [0.1, 0.15) is 43.6 Å². The highest BCUT2D eigenvalue weighted by molar-refractivity contribution is 5.30. The van der Waals surface area contributed by atoms with E-state index in [2.05, 4.69) is 55.3 Å². The van der Waals surface area contributed by atoms with Gasteiger partial charge in [-0.3, -0.25) is 4.98 Å². The number of nitrogens with one attached hydrogen (secondary N) is 1. The van der Waals surface area contributed by atoms with Crippen molar-refractivity contribution in [3.05, 3.63) is 65.2 Å².